The Bertz CT molecular complexity index is 323. The molecule has 1 aliphatic carbocycles. The molecule has 0 saturated heterocycles. The van der Waals surface area contributed by atoms with E-state index in [4.69, 9.17) is 0 Å². The lowest BCUT2D eigenvalue weighted by Gasteiger charge is -2.10. The molecule has 1 N–H and O–H groups in total. The number of rotatable bonds is 4. The topological polar surface area (TPSA) is 41.5 Å². The summed E-state index contributed by atoms with van der Waals surface area (Å²) in [7, 11) is 0. The van der Waals surface area contributed by atoms with Gasteiger partial charge in [0.05, 0.1) is 0 Å². The zero-order valence-corrected chi connectivity index (χ0v) is 10.1. The Kier molecular flexibility index (Phi) is 4.96. The predicted octanol–water partition coefficient (Wildman–Crippen LogP) is 2.80. The molecule has 3 nitrogen and oxygen atoms in total. The average Bonchev–Trinajstić information content (AvgIpc) is 2.81. The monoisotopic (exact) mass is 220 g/mol. The van der Waals surface area contributed by atoms with Crippen LogP contribution in [0, 0.1) is 5.92 Å². The Balaban J connectivity index is 2.59. The van der Waals surface area contributed by atoms with E-state index in [1.807, 2.05) is 26.0 Å². The summed E-state index contributed by atoms with van der Waals surface area (Å²) in [5.74, 6) is 0.795. The maximum absolute atomic E-state index is 11.8. The summed E-state index contributed by atoms with van der Waals surface area (Å²) in [6.07, 6.45) is 8.11. The number of amides is 1. The lowest BCUT2D eigenvalue weighted by molar-refractivity contribution is -0.124. The van der Waals surface area contributed by atoms with Gasteiger partial charge in [0, 0.05) is 5.92 Å². The molecule has 0 radical (unpaired) electrons. The molecule has 0 unspecified atom stereocenters. The quantitative estimate of drug-likeness (QED) is 0.574. The average molecular weight is 220 g/mol. The Morgan fingerprint density at radius 2 is 2.06 bits per heavy atom. The minimum atomic E-state index is 0.0834. The maximum atomic E-state index is 11.8. The first-order valence-corrected chi connectivity index (χ1v) is 5.79. The first-order chi connectivity index (χ1) is 7.67. The first kappa shape index (κ1) is 12.7. The number of aliphatic imine (C=N–C) groups is 1. The fourth-order valence-corrected chi connectivity index (χ4v) is 1.84. The molecule has 0 aromatic carbocycles. The van der Waals surface area contributed by atoms with E-state index in [1.165, 1.54) is 0 Å². The molecule has 1 saturated carbocycles. The van der Waals surface area contributed by atoms with Crippen LogP contribution in [0.4, 0.5) is 0 Å². The summed E-state index contributed by atoms with van der Waals surface area (Å²) in [6.45, 7) is 7.38. The Labute approximate surface area is 97.3 Å². The van der Waals surface area contributed by atoms with Crippen LogP contribution in [0.5, 0.6) is 0 Å². The van der Waals surface area contributed by atoms with Crippen molar-refractivity contribution >= 4 is 12.6 Å². The van der Waals surface area contributed by atoms with Crippen molar-refractivity contribution in [2.45, 2.75) is 39.5 Å². The normalized spacial score (nSPS) is 18.6. The van der Waals surface area contributed by atoms with Crippen LogP contribution in [-0.2, 0) is 4.79 Å². The van der Waals surface area contributed by atoms with E-state index in [2.05, 4.69) is 17.0 Å². The molecule has 1 aliphatic rings. The molecule has 88 valence electrons. The van der Waals surface area contributed by atoms with Crippen LogP contribution in [0.1, 0.15) is 39.5 Å². The maximum Gasteiger partial charge on any atom is 0.228 e. The molecular weight excluding hydrogens is 200 g/mol. The fourth-order valence-electron chi connectivity index (χ4n) is 1.84. The van der Waals surface area contributed by atoms with E-state index >= 15 is 0 Å². The van der Waals surface area contributed by atoms with Crippen molar-refractivity contribution < 1.29 is 4.79 Å². The molecule has 1 amide bonds. The molecule has 1 fully saturated rings. The third-order valence-corrected chi connectivity index (χ3v) is 2.97. The molecule has 0 aliphatic heterocycles. The van der Waals surface area contributed by atoms with Crippen molar-refractivity contribution in [2.75, 3.05) is 0 Å². The Morgan fingerprint density at radius 3 is 2.56 bits per heavy atom. The van der Waals surface area contributed by atoms with Crippen molar-refractivity contribution in [3.05, 3.63) is 23.5 Å². The highest BCUT2D eigenvalue weighted by Crippen LogP contribution is 2.24. The number of allylic oxidation sites excluding steroid dienone is 3. The van der Waals surface area contributed by atoms with Gasteiger partial charge in [-0.25, -0.2) is 4.99 Å². The molecule has 3 heteroatoms. The fraction of sp³-hybridized carbons (Fsp3) is 0.538. The second kappa shape index (κ2) is 6.26. The van der Waals surface area contributed by atoms with Gasteiger partial charge >= 0.3 is 0 Å². The molecule has 0 spiro atoms. The molecule has 0 atom stereocenters. The molecule has 0 aromatic rings. The number of hydrogen-bond donors (Lipinski definition) is 1. The van der Waals surface area contributed by atoms with Crippen LogP contribution < -0.4 is 5.32 Å². The zero-order valence-electron chi connectivity index (χ0n) is 10.1. The minimum Gasteiger partial charge on any atom is -0.310 e. The number of carbonyl (C=O) groups is 1. The van der Waals surface area contributed by atoms with Gasteiger partial charge in [0.1, 0.15) is 5.82 Å². The summed E-state index contributed by atoms with van der Waals surface area (Å²) < 4.78 is 0. The van der Waals surface area contributed by atoms with E-state index in [0.717, 1.165) is 31.3 Å². The van der Waals surface area contributed by atoms with Crippen LogP contribution in [0.25, 0.3) is 0 Å². The molecule has 0 bridgehead atoms. The van der Waals surface area contributed by atoms with Gasteiger partial charge in [-0.1, -0.05) is 24.5 Å². The largest absolute Gasteiger partial charge is 0.310 e. The van der Waals surface area contributed by atoms with Gasteiger partial charge in [-0.3, -0.25) is 4.79 Å². The van der Waals surface area contributed by atoms with Crippen LogP contribution >= 0.6 is 0 Å². The van der Waals surface area contributed by atoms with Crippen LogP contribution in [0.15, 0.2) is 28.5 Å². The lowest BCUT2D eigenvalue weighted by Crippen LogP contribution is -2.28. The van der Waals surface area contributed by atoms with Crippen molar-refractivity contribution in [3.63, 3.8) is 0 Å². The molecule has 1 rings (SSSR count). The van der Waals surface area contributed by atoms with Gasteiger partial charge < -0.3 is 5.32 Å². The van der Waals surface area contributed by atoms with E-state index < -0.39 is 0 Å². The van der Waals surface area contributed by atoms with E-state index in [9.17, 15) is 4.79 Å². The number of carbonyl (C=O) groups excluding carboxylic acids is 1. The SMILES string of the molecule is C=N/C(=C\C(C)=C/C)NC(=O)C1CCCC1. The minimum absolute atomic E-state index is 0.0834. The number of hydrogen-bond acceptors (Lipinski definition) is 2. The smallest absolute Gasteiger partial charge is 0.228 e. The predicted molar refractivity (Wildman–Crippen MR) is 67.2 cm³/mol. The van der Waals surface area contributed by atoms with Crippen molar-refractivity contribution in [2.24, 2.45) is 10.9 Å². The lowest BCUT2D eigenvalue weighted by atomic mass is 10.1. The number of nitrogens with one attached hydrogen (secondary N) is 1. The third kappa shape index (κ3) is 3.65. The van der Waals surface area contributed by atoms with E-state index in [0.29, 0.717) is 5.82 Å². The van der Waals surface area contributed by atoms with E-state index in [1.54, 1.807) is 0 Å². The first-order valence-electron chi connectivity index (χ1n) is 5.79. The molecule has 16 heavy (non-hydrogen) atoms. The van der Waals surface area contributed by atoms with Crippen molar-refractivity contribution in [1.29, 1.82) is 0 Å². The third-order valence-electron chi connectivity index (χ3n) is 2.97. The van der Waals surface area contributed by atoms with E-state index in [-0.39, 0.29) is 11.8 Å². The van der Waals surface area contributed by atoms with Gasteiger partial charge in [0.2, 0.25) is 5.91 Å². The highest BCUT2D eigenvalue weighted by atomic mass is 16.2. The second-order valence-corrected chi connectivity index (χ2v) is 4.19. The van der Waals surface area contributed by atoms with Crippen LogP contribution in [-0.4, -0.2) is 12.6 Å². The van der Waals surface area contributed by atoms with Crippen molar-refractivity contribution in [3.8, 4) is 0 Å². The van der Waals surface area contributed by atoms with Gasteiger partial charge in [0.15, 0.2) is 0 Å². The van der Waals surface area contributed by atoms with Gasteiger partial charge in [-0.2, -0.15) is 0 Å². The summed E-state index contributed by atoms with van der Waals surface area (Å²) in [6, 6.07) is 0. The van der Waals surface area contributed by atoms with Gasteiger partial charge in [-0.05, 0) is 39.5 Å². The Morgan fingerprint density at radius 1 is 1.44 bits per heavy atom. The summed E-state index contributed by atoms with van der Waals surface area (Å²) >= 11 is 0. The molecule has 0 aromatic heterocycles. The van der Waals surface area contributed by atoms with Crippen LogP contribution in [0.2, 0.25) is 0 Å². The summed E-state index contributed by atoms with van der Waals surface area (Å²) in [5.41, 5.74) is 1.06. The van der Waals surface area contributed by atoms with Gasteiger partial charge in [0.25, 0.3) is 0 Å². The highest BCUT2D eigenvalue weighted by molar-refractivity contribution is 5.80. The van der Waals surface area contributed by atoms with Gasteiger partial charge in [-0.15, -0.1) is 0 Å². The Hall–Kier alpha value is -1.38. The second-order valence-electron chi connectivity index (χ2n) is 4.19. The molecular formula is C13H20N2O. The van der Waals surface area contributed by atoms with Crippen LogP contribution in [0.3, 0.4) is 0 Å². The summed E-state index contributed by atoms with van der Waals surface area (Å²) in [4.78, 5) is 15.7. The van der Waals surface area contributed by atoms with Crippen molar-refractivity contribution in [1.82, 2.24) is 5.32 Å². The highest BCUT2D eigenvalue weighted by Gasteiger charge is 2.22. The summed E-state index contributed by atoms with van der Waals surface area (Å²) in [5, 5.41) is 2.83. The standard InChI is InChI=1S/C13H20N2O/c1-4-10(2)9-12(14-3)15-13(16)11-7-5-6-8-11/h4,9,11H,3,5-8H2,1-2H3,(H,15,16)/b10-4-,12-9+. The molecule has 0 heterocycles. The number of nitrogens with zero attached hydrogens (tertiary/aromatic N) is 1. The zero-order chi connectivity index (χ0) is 12.0.